The number of benzene rings is 6. The summed E-state index contributed by atoms with van der Waals surface area (Å²) in [5.74, 6) is 3.13. The second kappa shape index (κ2) is 13.0. The van der Waals surface area contributed by atoms with E-state index in [1.807, 2.05) is 60.7 Å². The lowest BCUT2D eigenvalue weighted by Crippen LogP contribution is -2.30. The van der Waals surface area contributed by atoms with Crippen molar-refractivity contribution in [2.24, 2.45) is 15.0 Å². The Morgan fingerprint density at radius 3 is 2.22 bits per heavy atom. The number of amidine groups is 2. The first-order chi connectivity index (χ1) is 27.0. The van der Waals surface area contributed by atoms with Crippen LogP contribution < -0.4 is 4.74 Å². The molecular formula is C49H38N4O2. The second-order valence-electron chi connectivity index (χ2n) is 14.7. The summed E-state index contributed by atoms with van der Waals surface area (Å²) in [5.41, 5.74) is 11.5. The molecule has 2 aromatic heterocycles. The predicted octanol–water partition coefficient (Wildman–Crippen LogP) is 11.7. The Morgan fingerprint density at radius 2 is 1.42 bits per heavy atom. The van der Waals surface area contributed by atoms with Crippen LogP contribution in [0, 0.1) is 0 Å². The molecule has 3 heterocycles. The van der Waals surface area contributed by atoms with Crippen LogP contribution >= 0.6 is 0 Å². The maximum atomic E-state index is 6.69. The van der Waals surface area contributed by atoms with Crippen molar-refractivity contribution < 1.29 is 9.15 Å². The highest BCUT2D eigenvalue weighted by Gasteiger charge is 2.42. The van der Waals surface area contributed by atoms with Crippen LogP contribution in [0.25, 0.3) is 44.1 Å². The molecular weight excluding hydrogens is 677 g/mol. The van der Waals surface area contributed by atoms with Gasteiger partial charge >= 0.3 is 0 Å². The number of ether oxygens (including phenoxy) is 1. The average molecular weight is 715 g/mol. The van der Waals surface area contributed by atoms with E-state index in [1.54, 1.807) is 0 Å². The van der Waals surface area contributed by atoms with Crippen molar-refractivity contribution in [2.75, 3.05) is 0 Å². The first kappa shape index (κ1) is 32.8. The highest BCUT2D eigenvalue weighted by atomic mass is 16.5. The highest BCUT2D eigenvalue weighted by Crippen LogP contribution is 2.53. The molecule has 8 aromatic rings. The number of aryl methyl sites for hydroxylation is 1. The monoisotopic (exact) mass is 714 g/mol. The summed E-state index contributed by atoms with van der Waals surface area (Å²) in [7, 11) is 0. The summed E-state index contributed by atoms with van der Waals surface area (Å²) in [4.78, 5) is 14.2. The Balaban J connectivity index is 1.10. The van der Waals surface area contributed by atoms with Crippen molar-refractivity contribution in [2.45, 2.75) is 38.6 Å². The number of furan rings is 1. The minimum atomic E-state index is -0.250. The minimum absolute atomic E-state index is 0.250. The predicted molar refractivity (Wildman–Crippen MR) is 225 cm³/mol. The molecule has 55 heavy (non-hydrogen) atoms. The summed E-state index contributed by atoms with van der Waals surface area (Å²) in [6.45, 7) is 8.86. The molecule has 2 aliphatic rings. The Bertz CT molecular complexity index is 2910. The molecule has 0 atom stereocenters. The number of hydrogen-bond donors (Lipinski definition) is 0. The third-order valence-electron chi connectivity index (χ3n) is 11.2. The SMILES string of the molecule is C=NC(=NC(=NCc1cccc2c1oc1ccc(-n3c4c(c5ccccc53)CCC3=C4C(C)(C)c4ccccc4O3)cc12)c1ccccc1)c1ccccc1. The number of rotatable bonds is 5. The van der Waals surface area contributed by atoms with Crippen LogP contribution in [0.2, 0.25) is 0 Å². The van der Waals surface area contributed by atoms with Crippen LogP contribution in [0.4, 0.5) is 0 Å². The van der Waals surface area contributed by atoms with E-state index < -0.39 is 0 Å². The molecule has 0 fully saturated rings. The largest absolute Gasteiger partial charge is 0.461 e. The van der Waals surface area contributed by atoms with Crippen molar-refractivity contribution in [3.8, 4) is 11.4 Å². The molecule has 0 spiro atoms. The number of fused-ring (bicyclic) bond motifs is 8. The maximum absolute atomic E-state index is 6.69. The second-order valence-corrected chi connectivity index (χ2v) is 14.7. The average Bonchev–Trinajstić information content (AvgIpc) is 3.77. The fraction of sp³-hybridized carbons (Fsp3) is 0.122. The van der Waals surface area contributed by atoms with E-state index in [1.165, 1.54) is 33.3 Å². The van der Waals surface area contributed by atoms with Crippen molar-refractivity contribution in [1.29, 1.82) is 0 Å². The molecule has 6 nitrogen and oxygen atoms in total. The number of nitrogens with zero attached hydrogens (tertiary/aromatic N) is 4. The summed E-state index contributed by atoms with van der Waals surface area (Å²) in [6.07, 6.45) is 1.80. The first-order valence-electron chi connectivity index (χ1n) is 18.8. The number of allylic oxidation sites excluding steroid dienone is 2. The van der Waals surface area contributed by atoms with Gasteiger partial charge in [-0.3, -0.25) is 4.99 Å². The van der Waals surface area contributed by atoms with Crippen LogP contribution in [-0.4, -0.2) is 23.0 Å². The standard InChI is InChI=1S/C49H38N4O2/c1-49(2)39-22-11-13-24-42(39)54-43-28-26-36-35-20-10-12-23-40(35)53(45(36)44(43)49)34-25-27-41-38(29-34)37-21-14-19-33(46(37)55-41)30-51-48(32-17-8-5-9-18-32)52-47(50-3)31-15-6-4-7-16-31/h4-25,27,29H,3,26,28,30H2,1-2H3. The first-order valence-corrected chi connectivity index (χ1v) is 18.8. The van der Waals surface area contributed by atoms with Gasteiger partial charge in [-0.25, -0.2) is 9.98 Å². The topological polar surface area (TPSA) is 64.4 Å². The lowest BCUT2D eigenvalue weighted by atomic mass is 9.71. The fourth-order valence-corrected chi connectivity index (χ4v) is 8.60. The summed E-state index contributed by atoms with van der Waals surface area (Å²) in [5, 5.41) is 3.39. The van der Waals surface area contributed by atoms with E-state index in [2.05, 4.69) is 115 Å². The maximum Gasteiger partial charge on any atom is 0.161 e. The molecule has 1 aliphatic carbocycles. The minimum Gasteiger partial charge on any atom is -0.461 e. The normalized spacial score (nSPS) is 15.2. The Kier molecular flexibility index (Phi) is 7.73. The zero-order chi connectivity index (χ0) is 37.1. The van der Waals surface area contributed by atoms with Crippen molar-refractivity contribution in [3.63, 3.8) is 0 Å². The molecule has 266 valence electrons. The molecule has 0 radical (unpaired) electrons. The molecule has 6 heteroatoms. The van der Waals surface area contributed by atoms with E-state index in [9.17, 15) is 0 Å². The Hall–Kier alpha value is -6.79. The zero-order valence-corrected chi connectivity index (χ0v) is 30.8. The van der Waals surface area contributed by atoms with Crippen LogP contribution in [0.15, 0.2) is 171 Å². The van der Waals surface area contributed by atoms with Gasteiger partial charge < -0.3 is 13.7 Å². The van der Waals surface area contributed by atoms with Gasteiger partial charge in [0.2, 0.25) is 0 Å². The summed E-state index contributed by atoms with van der Waals surface area (Å²) < 4.78 is 15.8. The zero-order valence-electron chi connectivity index (χ0n) is 30.8. The van der Waals surface area contributed by atoms with E-state index >= 15 is 0 Å². The van der Waals surface area contributed by atoms with Gasteiger partial charge in [0.1, 0.15) is 22.7 Å². The highest BCUT2D eigenvalue weighted by molar-refractivity contribution is 6.13. The van der Waals surface area contributed by atoms with E-state index in [4.69, 9.17) is 19.1 Å². The number of aromatic nitrogens is 1. The molecule has 0 N–H and O–H groups in total. The molecule has 0 unspecified atom stereocenters. The number of aliphatic imine (C=N–C) groups is 3. The van der Waals surface area contributed by atoms with E-state index in [0.717, 1.165) is 68.7 Å². The molecule has 10 rings (SSSR count). The molecule has 0 amide bonds. The van der Waals surface area contributed by atoms with Gasteiger partial charge in [0.05, 0.1) is 17.8 Å². The molecule has 1 aliphatic heterocycles. The van der Waals surface area contributed by atoms with Crippen LogP contribution in [0.5, 0.6) is 5.75 Å². The third-order valence-corrected chi connectivity index (χ3v) is 11.2. The van der Waals surface area contributed by atoms with Crippen molar-refractivity contribution in [1.82, 2.24) is 4.57 Å². The summed E-state index contributed by atoms with van der Waals surface area (Å²) >= 11 is 0. The molecule has 0 saturated heterocycles. The number of hydrogen-bond acceptors (Lipinski definition) is 3. The van der Waals surface area contributed by atoms with Gasteiger partial charge in [-0.1, -0.05) is 129 Å². The third kappa shape index (κ3) is 5.36. The van der Waals surface area contributed by atoms with Gasteiger partial charge in [0, 0.05) is 61.5 Å². The van der Waals surface area contributed by atoms with Crippen molar-refractivity contribution >= 4 is 56.8 Å². The van der Waals surface area contributed by atoms with Gasteiger partial charge in [-0.15, -0.1) is 0 Å². The van der Waals surface area contributed by atoms with Gasteiger partial charge in [0.25, 0.3) is 0 Å². The number of para-hydroxylation sites is 3. The van der Waals surface area contributed by atoms with Crippen LogP contribution in [0.3, 0.4) is 0 Å². The molecule has 0 saturated carbocycles. The van der Waals surface area contributed by atoms with Crippen LogP contribution in [-0.2, 0) is 18.4 Å². The smallest absolute Gasteiger partial charge is 0.161 e. The van der Waals surface area contributed by atoms with Gasteiger partial charge in [0.15, 0.2) is 11.7 Å². The molecule has 0 bridgehead atoms. The van der Waals surface area contributed by atoms with Crippen LogP contribution in [0.1, 0.15) is 53.8 Å². The van der Waals surface area contributed by atoms with E-state index in [0.29, 0.717) is 18.2 Å². The fourth-order valence-electron chi connectivity index (χ4n) is 8.60. The van der Waals surface area contributed by atoms with Gasteiger partial charge in [-0.05, 0) is 49.0 Å². The van der Waals surface area contributed by atoms with Crippen molar-refractivity contribution in [3.05, 3.63) is 185 Å². The quantitative estimate of drug-likeness (QED) is 0.132. The lowest BCUT2D eigenvalue weighted by Gasteiger charge is -2.39. The Labute approximate surface area is 319 Å². The molecule has 6 aromatic carbocycles. The summed E-state index contributed by atoms with van der Waals surface area (Å²) in [6, 6.07) is 50.0. The lowest BCUT2D eigenvalue weighted by molar-refractivity contribution is 0.368. The Morgan fingerprint density at radius 1 is 0.709 bits per heavy atom. The van der Waals surface area contributed by atoms with E-state index in [-0.39, 0.29) is 5.41 Å². The van der Waals surface area contributed by atoms with Gasteiger partial charge in [-0.2, -0.15) is 0 Å².